The Balaban J connectivity index is 1.92. The molecule has 3 rings (SSSR count). The van der Waals surface area contributed by atoms with Gasteiger partial charge in [0.25, 0.3) is 0 Å². The third-order valence-corrected chi connectivity index (χ3v) is 4.44. The summed E-state index contributed by atoms with van der Waals surface area (Å²) < 4.78 is 0. The number of hydrogen-bond acceptors (Lipinski definition) is 1. The third kappa shape index (κ3) is 1.41. The highest BCUT2D eigenvalue weighted by Crippen LogP contribution is 2.50. The Morgan fingerprint density at radius 2 is 1.93 bits per heavy atom. The fraction of sp³-hybridized carbons (Fsp3) is 0.571. The maximum atomic E-state index is 3.52. The van der Waals surface area contributed by atoms with Crippen LogP contribution in [0.1, 0.15) is 31.2 Å². The molecule has 1 aliphatic carbocycles. The van der Waals surface area contributed by atoms with Gasteiger partial charge in [-0.3, -0.25) is 0 Å². The summed E-state index contributed by atoms with van der Waals surface area (Å²) >= 11 is 0. The molecule has 0 radical (unpaired) electrons. The van der Waals surface area contributed by atoms with Crippen LogP contribution in [0.5, 0.6) is 0 Å². The highest BCUT2D eigenvalue weighted by atomic mass is 14.9. The molecule has 1 saturated carbocycles. The predicted molar refractivity (Wildman–Crippen MR) is 62.9 cm³/mol. The van der Waals surface area contributed by atoms with Gasteiger partial charge in [0.2, 0.25) is 0 Å². The molecule has 1 aliphatic heterocycles. The molecular weight excluding hydrogens is 182 g/mol. The maximum Gasteiger partial charge on any atom is -0.000619 e. The van der Waals surface area contributed by atoms with E-state index in [2.05, 4.69) is 35.6 Å². The molecule has 0 amide bonds. The minimum atomic E-state index is 0.532. The molecule has 1 saturated heterocycles. The first-order chi connectivity index (χ1) is 7.42. The molecule has 0 spiro atoms. The molecule has 2 aliphatic rings. The topological polar surface area (TPSA) is 12.0 Å². The van der Waals surface area contributed by atoms with E-state index >= 15 is 0 Å². The number of rotatable bonds is 2. The molecule has 2 fully saturated rings. The van der Waals surface area contributed by atoms with Gasteiger partial charge in [-0.2, -0.15) is 0 Å². The Kier molecular flexibility index (Phi) is 2.28. The molecule has 1 aromatic rings. The summed E-state index contributed by atoms with van der Waals surface area (Å²) in [5.74, 6) is 0.883. The van der Waals surface area contributed by atoms with E-state index in [9.17, 15) is 0 Å². The second kappa shape index (κ2) is 3.64. The molecule has 1 nitrogen and oxygen atoms in total. The molecule has 1 heterocycles. The Morgan fingerprint density at radius 1 is 1.13 bits per heavy atom. The zero-order valence-corrected chi connectivity index (χ0v) is 9.21. The number of nitrogens with one attached hydrogen (secondary N) is 1. The van der Waals surface area contributed by atoms with Crippen LogP contribution < -0.4 is 5.32 Å². The minimum Gasteiger partial charge on any atom is -0.316 e. The van der Waals surface area contributed by atoms with Gasteiger partial charge in [-0.1, -0.05) is 36.8 Å². The van der Waals surface area contributed by atoms with E-state index in [0.717, 1.165) is 5.92 Å². The summed E-state index contributed by atoms with van der Waals surface area (Å²) in [6, 6.07) is 11.2. The van der Waals surface area contributed by atoms with Crippen molar-refractivity contribution in [2.45, 2.75) is 31.1 Å². The van der Waals surface area contributed by atoms with Crippen molar-refractivity contribution in [3.8, 4) is 0 Å². The van der Waals surface area contributed by atoms with Crippen LogP contribution >= 0.6 is 0 Å². The van der Waals surface area contributed by atoms with Gasteiger partial charge in [0.05, 0.1) is 0 Å². The first kappa shape index (κ1) is 9.41. The predicted octanol–water partition coefficient (Wildman–Crippen LogP) is 2.72. The average Bonchev–Trinajstić information content (AvgIpc) is 2.72. The highest BCUT2D eigenvalue weighted by molar-refractivity contribution is 5.29. The smallest absolute Gasteiger partial charge is 0.000619 e. The normalized spacial score (nSPS) is 28.7. The summed E-state index contributed by atoms with van der Waals surface area (Å²) in [4.78, 5) is 0. The zero-order chi connectivity index (χ0) is 10.1. The van der Waals surface area contributed by atoms with Crippen molar-refractivity contribution in [3.05, 3.63) is 35.9 Å². The van der Waals surface area contributed by atoms with Crippen LogP contribution in [-0.4, -0.2) is 13.1 Å². The van der Waals surface area contributed by atoms with E-state index in [0.29, 0.717) is 5.41 Å². The van der Waals surface area contributed by atoms with Gasteiger partial charge in [0.15, 0.2) is 0 Å². The lowest BCUT2D eigenvalue weighted by Crippen LogP contribution is -2.42. The van der Waals surface area contributed by atoms with Crippen LogP contribution in [0.3, 0.4) is 0 Å². The average molecular weight is 201 g/mol. The molecule has 0 aromatic heterocycles. The molecular formula is C14H19N. The van der Waals surface area contributed by atoms with Crippen molar-refractivity contribution in [1.82, 2.24) is 5.32 Å². The monoisotopic (exact) mass is 201 g/mol. The summed E-state index contributed by atoms with van der Waals surface area (Å²) in [5, 5.41) is 3.52. The van der Waals surface area contributed by atoms with Gasteiger partial charge in [-0.15, -0.1) is 0 Å². The molecule has 1 aromatic carbocycles. The first-order valence-electron chi connectivity index (χ1n) is 6.18. The van der Waals surface area contributed by atoms with Gasteiger partial charge >= 0.3 is 0 Å². The quantitative estimate of drug-likeness (QED) is 0.775. The fourth-order valence-corrected chi connectivity index (χ4v) is 3.39. The number of hydrogen-bond donors (Lipinski definition) is 1. The van der Waals surface area contributed by atoms with Crippen LogP contribution in [0.15, 0.2) is 30.3 Å². The zero-order valence-electron chi connectivity index (χ0n) is 9.21. The van der Waals surface area contributed by atoms with E-state index in [-0.39, 0.29) is 0 Å². The Bertz CT molecular complexity index is 320. The molecule has 15 heavy (non-hydrogen) atoms. The van der Waals surface area contributed by atoms with Crippen molar-refractivity contribution in [3.63, 3.8) is 0 Å². The van der Waals surface area contributed by atoms with Gasteiger partial charge < -0.3 is 5.32 Å². The minimum absolute atomic E-state index is 0.532. The Morgan fingerprint density at radius 3 is 2.47 bits per heavy atom. The third-order valence-electron chi connectivity index (χ3n) is 4.44. The second-order valence-electron chi connectivity index (χ2n) is 5.07. The summed E-state index contributed by atoms with van der Waals surface area (Å²) in [7, 11) is 0. The fourth-order valence-electron chi connectivity index (χ4n) is 3.39. The standard InChI is InChI=1S/C14H19N/c1-2-5-12(6-3-1)14(8-4-9-14)13-7-10-15-11-13/h1-3,5-6,13,15H,4,7-11H2. The van der Waals surface area contributed by atoms with Crippen LogP contribution in [0.25, 0.3) is 0 Å². The van der Waals surface area contributed by atoms with Crippen LogP contribution in [-0.2, 0) is 5.41 Å². The van der Waals surface area contributed by atoms with Crippen molar-refractivity contribution >= 4 is 0 Å². The molecule has 1 N–H and O–H groups in total. The van der Waals surface area contributed by atoms with Gasteiger partial charge in [-0.25, -0.2) is 0 Å². The van der Waals surface area contributed by atoms with E-state index in [1.165, 1.54) is 38.8 Å². The van der Waals surface area contributed by atoms with Crippen LogP contribution in [0, 0.1) is 5.92 Å². The van der Waals surface area contributed by atoms with Crippen LogP contribution in [0.2, 0.25) is 0 Å². The van der Waals surface area contributed by atoms with Crippen molar-refractivity contribution in [2.75, 3.05) is 13.1 Å². The Labute approximate surface area is 91.9 Å². The summed E-state index contributed by atoms with van der Waals surface area (Å²) in [5.41, 5.74) is 2.12. The van der Waals surface area contributed by atoms with Crippen molar-refractivity contribution in [1.29, 1.82) is 0 Å². The lowest BCUT2D eigenvalue weighted by molar-refractivity contribution is 0.157. The van der Waals surface area contributed by atoms with Crippen molar-refractivity contribution in [2.24, 2.45) is 5.92 Å². The van der Waals surface area contributed by atoms with Crippen LogP contribution in [0.4, 0.5) is 0 Å². The molecule has 0 bridgehead atoms. The Hall–Kier alpha value is -0.820. The van der Waals surface area contributed by atoms with Gasteiger partial charge in [0, 0.05) is 0 Å². The lowest BCUT2D eigenvalue weighted by Gasteiger charge is -2.47. The molecule has 1 heteroatoms. The SMILES string of the molecule is c1ccc(C2(C3CCNC3)CCC2)cc1. The van der Waals surface area contributed by atoms with E-state index < -0.39 is 0 Å². The van der Waals surface area contributed by atoms with Gasteiger partial charge in [-0.05, 0) is 49.2 Å². The summed E-state index contributed by atoms with van der Waals surface area (Å²) in [6.45, 7) is 2.45. The second-order valence-corrected chi connectivity index (χ2v) is 5.07. The molecule has 80 valence electrons. The van der Waals surface area contributed by atoms with E-state index in [1.807, 2.05) is 0 Å². The molecule has 1 unspecified atom stereocenters. The first-order valence-corrected chi connectivity index (χ1v) is 6.18. The lowest BCUT2D eigenvalue weighted by atomic mass is 9.57. The van der Waals surface area contributed by atoms with Gasteiger partial charge in [0.1, 0.15) is 0 Å². The summed E-state index contributed by atoms with van der Waals surface area (Å²) in [6.07, 6.45) is 5.60. The van der Waals surface area contributed by atoms with Crippen molar-refractivity contribution < 1.29 is 0 Å². The molecule has 1 atom stereocenters. The largest absolute Gasteiger partial charge is 0.316 e. The maximum absolute atomic E-state index is 3.52. The van der Waals surface area contributed by atoms with E-state index in [4.69, 9.17) is 0 Å². The number of benzene rings is 1. The van der Waals surface area contributed by atoms with E-state index in [1.54, 1.807) is 5.56 Å². The highest BCUT2D eigenvalue weighted by Gasteiger charge is 2.45.